The van der Waals surface area contributed by atoms with E-state index >= 15 is 0 Å². The van der Waals surface area contributed by atoms with Gasteiger partial charge in [0.25, 0.3) is 0 Å². The van der Waals surface area contributed by atoms with Crippen molar-refractivity contribution in [3.05, 3.63) is 0 Å². The molecule has 0 radical (unpaired) electrons. The summed E-state index contributed by atoms with van der Waals surface area (Å²) >= 11 is 0. The van der Waals surface area contributed by atoms with E-state index in [0.29, 0.717) is 37.3 Å². The number of nitrogens with one attached hydrogen (secondary N) is 3. The maximum Gasteiger partial charge on any atom is 0.220 e. The summed E-state index contributed by atoms with van der Waals surface area (Å²) in [4.78, 5) is 23.4. The normalized spacial score (nSPS) is 20.8. The van der Waals surface area contributed by atoms with E-state index in [4.69, 9.17) is 0 Å². The van der Waals surface area contributed by atoms with Crippen LogP contribution in [0.4, 0.5) is 0 Å². The Bertz CT molecular complexity index is 349. The van der Waals surface area contributed by atoms with Crippen molar-refractivity contribution in [1.82, 2.24) is 16.0 Å². The molecule has 5 nitrogen and oxygen atoms in total. The van der Waals surface area contributed by atoms with Crippen molar-refractivity contribution in [2.75, 3.05) is 19.6 Å². The molecule has 120 valence electrons. The summed E-state index contributed by atoms with van der Waals surface area (Å²) in [6.45, 7) is 4.94. The number of carbonyl (C=O) groups excluding carboxylic acids is 2. The first-order valence-electron chi connectivity index (χ1n) is 8.42. The van der Waals surface area contributed by atoms with Crippen molar-refractivity contribution in [1.29, 1.82) is 0 Å². The number of amides is 2. The maximum absolute atomic E-state index is 11.9. The Morgan fingerprint density at radius 1 is 1.14 bits per heavy atom. The van der Waals surface area contributed by atoms with Crippen LogP contribution in [0.15, 0.2) is 0 Å². The molecule has 0 aromatic carbocycles. The quantitative estimate of drug-likeness (QED) is 0.589. The van der Waals surface area contributed by atoms with Crippen molar-refractivity contribution in [2.24, 2.45) is 11.8 Å². The van der Waals surface area contributed by atoms with Crippen LogP contribution in [0.5, 0.6) is 0 Å². The first kappa shape index (κ1) is 16.3. The van der Waals surface area contributed by atoms with Crippen LogP contribution in [0.3, 0.4) is 0 Å². The molecule has 0 aromatic heterocycles. The zero-order chi connectivity index (χ0) is 15.1. The molecule has 1 unspecified atom stereocenters. The lowest BCUT2D eigenvalue weighted by atomic mass is 9.84. The van der Waals surface area contributed by atoms with E-state index in [-0.39, 0.29) is 11.8 Å². The summed E-state index contributed by atoms with van der Waals surface area (Å²) < 4.78 is 0. The van der Waals surface area contributed by atoms with E-state index in [1.165, 1.54) is 12.8 Å². The van der Waals surface area contributed by atoms with Gasteiger partial charge in [-0.25, -0.2) is 0 Å². The highest BCUT2D eigenvalue weighted by Crippen LogP contribution is 2.24. The molecule has 1 aliphatic carbocycles. The van der Waals surface area contributed by atoms with Crippen molar-refractivity contribution in [2.45, 2.75) is 57.9 Å². The van der Waals surface area contributed by atoms with E-state index in [2.05, 4.69) is 22.9 Å². The third-order valence-electron chi connectivity index (χ3n) is 4.54. The standard InChI is InChI=1S/C16H29N3O2/c1-12(13-6-9-17-10-7-13)11-16(21)18-8-2-3-15(20)19-14-4-5-14/h12-14,17H,2-11H2,1H3,(H,18,21)(H,19,20). The smallest absolute Gasteiger partial charge is 0.220 e. The van der Waals surface area contributed by atoms with Gasteiger partial charge >= 0.3 is 0 Å². The molecule has 1 atom stereocenters. The van der Waals surface area contributed by atoms with E-state index in [1.54, 1.807) is 0 Å². The molecule has 1 aliphatic heterocycles. The molecule has 1 saturated carbocycles. The number of piperidine rings is 1. The van der Waals surface area contributed by atoms with Crippen molar-refractivity contribution in [3.8, 4) is 0 Å². The molecule has 0 bridgehead atoms. The minimum atomic E-state index is 0.120. The van der Waals surface area contributed by atoms with Gasteiger partial charge in [0.05, 0.1) is 0 Å². The van der Waals surface area contributed by atoms with Gasteiger partial charge in [-0.2, -0.15) is 0 Å². The Morgan fingerprint density at radius 2 is 1.86 bits per heavy atom. The van der Waals surface area contributed by atoms with Gasteiger partial charge in [-0.05, 0) is 57.0 Å². The average molecular weight is 295 g/mol. The molecule has 5 heteroatoms. The van der Waals surface area contributed by atoms with Crippen LogP contribution >= 0.6 is 0 Å². The molecule has 2 amide bonds. The zero-order valence-corrected chi connectivity index (χ0v) is 13.1. The summed E-state index contributed by atoms with van der Waals surface area (Å²) in [5.74, 6) is 1.37. The monoisotopic (exact) mass is 295 g/mol. The first-order valence-corrected chi connectivity index (χ1v) is 8.42. The van der Waals surface area contributed by atoms with Gasteiger partial charge in [-0.15, -0.1) is 0 Å². The fraction of sp³-hybridized carbons (Fsp3) is 0.875. The lowest BCUT2D eigenvalue weighted by molar-refractivity contribution is -0.123. The van der Waals surface area contributed by atoms with Crippen LogP contribution in [0.1, 0.15) is 51.9 Å². The van der Waals surface area contributed by atoms with Crippen molar-refractivity contribution >= 4 is 11.8 Å². The Morgan fingerprint density at radius 3 is 2.52 bits per heavy atom. The summed E-state index contributed by atoms with van der Waals surface area (Å²) in [6, 6.07) is 0.429. The zero-order valence-electron chi connectivity index (χ0n) is 13.1. The number of rotatable bonds is 8. The SMILES string of the molecule is CC(CC(=O)NCCCC(=O)NC1CC1)C1CCNCC1. The Labute approximate surface area is 127 Å². The Balaban J connectivity index is 1.51. The van der Waals surface area contributed by atoms with Crippen LogP contribution in [0, 0.1) is 11.8 Å². The Hall–Kier alpha value is -1.10. The lowest BCUT2D eigenvalue weighted by Gasteiger charge is -2.27. The molecule has 0 aromatic rings. The van der Waals surface area contributed by atoms with E-state index < -0.39 is 0 Å². The van der Waals surface area contributed by atoms with Crippen molar-refractivity contribution < 1.29 is 9.59 Å². The third kappa shape index (κ3) is 6.46. The first-order chi connectivity index (χ1) is 10.1. The van der Waals surface area contributed by atoms with Crippen molar-refractivity contribution in [3.63, 3.8) is 0 Å². The van der Waals surface area contributed by atoms with Crippen LogP contribution in [0.2, 0.25) is 0 Å². The maximum atomic E-state index is 11.9. The molecular formula is C16H29N3O2. The number of hydrogen-bond donors (Lipinski definition) is 3. The topological polar surface area (TPSA) is 70.2 Å². The summed E-state index contributed by atoms with van der Waals surface area (Å²) in [5, 5.41) is 9.26. The summed E-state index contributed by atoms with van der Waals surface area (Å²) in [7, 11) is 0. The fourth-order valence-corrected chi connectivity index (χ4v) is 2.95. The predicted octanol–water partition coefficient (Wildman–Crippen LogP) is 1.19. The van der Waals surface area contributed by atoms with Gasteiger partial charge in [0, 0.05) is 25.4 Å². The number of carbonyl (C=O) groups is 2. The van der Waals surface area contributed by atoms with Gasteiger partial charge in [-0.3, -0.25) is 9.59 Å². The van der Waals surface area contributed by atoms with Gasteiger partial charge in [0.15, 0.2) is 0 Å². The highest BCUT2D eigenvalue weighted by atomic mass is 16.2. The van der Waals surface area contributed by atoms with Gasteiger partial charge in [0.2, 0.25) is 11.8 Å². The van der Waals surface area contributed by atoms with Crippen LogP contribution in [0.25, 0.3) is 0 Å². The van der Waals surface area contributed by atoms with Crippen LogP contribution in [-0.2, 0) is 9.59 Å². The highest BCUT2D eigenvalue weighted by Gasteiger charge is 2.23. The molecule has 2 rings (SSSR count). The second-order valence-corrected chi connectivity index (χ2v) is 6.56. The molecular weight excluding hydrogens is 266 g/mol. The lowest BCUT2D eigenvalue weighted by Crippen LogP contribution is -2.34. The molecule has 0 spiro atoms. The molecule has 1 heterocycles. The van der Waals surface area contributed by atoms with Gasteiger partial charge in [-0.1, -0.05) is 6.92 Å². The molecule has 1 saturated heterocycles. The van der Waals surface area contributed by atoms with E-state index in [0.717, 1.165) is 32.4 Å². The highest BCUT2D eigenvalue weighted by molar-refractivity contribution is 5.77. The largest absolute Gasteiger partial charge is 0.356 e. The summed E-state index contributed by atoms with van der Waals surface area (Å²) in [5.41, 5.74) is 0. The third-order valence-corrected chi connectivity index (χ3v) is 4.54. The Kier molecular flexibility index (Phi) is 6.49. The fourth-order valence-electron chi connectivity index (χ4n) is 2.95. The number of hydrogen-bond acceptors (Lipinski definition) is 3. The molecule has 21 heavy (non-hydrogen) atoms. The van der Waals surface area contributed by atoms with E-state index in [9.17, 15) is 9.59 Å². The second kappa shape index (κ2) is 8.37. The van der Waals surface area contributed by atoms with Crippen LogP contribution in [-0.4, -0.2) is 37.5 Å². The van der Waals surface area contributed by atoms with Gasteiger partial charge in [0.1, 0.15) is 0 Å². The molecule has 2 aliphatic rings. The van der Waals surface area contributed by atoms with Gasteiger partial charge < -0.3 is 16.0 Å². The summed E-state index contributed by atoms with van der Waals surface area (Å²) in [6.07, 6.45) is 6.45. The molecule has 3 N–H and O–H groups in total. The van der Waals surface area contributed by atoms with Crippen LogP contribution < -0.4 is 16.0 Å². The molecule has 2 fully saturated rings. The average Bonchev–Trinajstić information content (AvgIpc) is 3.28. The minimum Gasteiger partial charge on any atom is -0.356 e. The minimum absolute atomic E-state index is 0.120. The van der Waals surface area contributed by atoms with E-state index in [1.807, 2.05) is 0 Å². The second-order valence-electron chi connectivity index (χ2n) is 6.56. The predicted molar refractivity (Wildman–Crippen MR) is 82.8 cm³/mol.